The molecular formula is C5H10I. The van der Waals surface area contributed by atoms with Crippen molar-refractivity contribution in [2.45, 2.75) is 17.8 Å². The highest BCUT2D eigenvalue weighted by atomic mass is 127. The number of halogens is 1. The first-order valence-electron chi connectivity index (χ1n) is 2.11. The van der Waals surface area contributed by atoms with E-state index in [2.05, 4.69) is 43.4 Å². The summed E-state index contributed by atoms with van der Waals surface area (Å²) >= 11 is 2.37. The molecule has 2 unspecified atom stereocenters. The second-order valence-electron chi connectivity index (χ2n) is 1.65. The van der Waals surface area contributed by atoms with Crippen molar-refractivity contribution < 1.29 is 0 Å². The molecule has 0 fully saturated rings. The van der Waals surface area contributed by atoms with Crippen LogP contribution in [0.15, 0.2) is 0 Å². The van der Waals surface area contributed by atoms with Gasteiger partial charge in [-0.3, -0.25) is 0 Å². The second kappa shape index (κ2) is 2.83. The molecule has 0 saturated carbocycles. The van der Waals surface area contributed by atoms with Gasteiger partial charge in [0, 0.05) is 3.92 Å². The lowest BCUT2D eigenvalue weighted by Crippen LogP contribution is -1.99. The molecule has 1 heteroatoms. The molecule has 0 rings (SSSR count). The topological polar surface area (TPSA) is 0 Å². The zero-order valence-electron chi connectivity index (χ0n) is 4.24. The van der Waals surface area contributed by atoms with E-state index < -0.39 is 0 Å². The molecule has 0 aromatic rings. The molecule has 0 spiro atoms. The third kappa shape index (κ3) is 2.94. The summed E-state index contributed by atoms with van der Waals surface area (Å²) < 4.78 is 0.711. The summed E-state index contributed by atoms with van der Waals surface area (Å²) in [6.07, 6.45) is 0. The lowest BCUT2D eigenvalue weighted by atomic mass is 10.2. The van der Waals surface area contributed by atoms with E-state index in [0.717, 1.165) is 0 Å². The smallest absolute Gasteiger partial charge is 0.0107 e. The number of rotatable bonds is 1. The van der Waals surface area contributed by atoms with Gasteiger partial charge in [-0.2, -0.15) is 0 Å². The van der Waals surface area contributed by atoms with Crippen LogP contribution in [0.25, 0.3) is 0 Å². The van der Waals surface area contributed by atoms with Crippen LogP contribution in [0, 0.1) is 12.8 Å². The van der Waals surface area contributed by atoms with E-state index in [4.69, 9.17) is 0 Å². The maximum atomic E-state index is 3.83. The van der Waals surface area contributed by atoms with Crippen LogP contribution in [0.4, 0.5) is 0 Å². The summed E-state index contributed by atoms with van der Waals surface area (Å²) in [4.78, 5) is 0. The second-order valence-corrected chi connectivity index (χ2v) is 3.62. The van der Waals surface area contributed by atoms with Crippen LogP contribution in [0.1, 0.15) is 13.8 Å². The predicted molar refractivity (Wildman–Crippen MR) is 38.0 cm³/mol. The molecule has 0 aliphatic heterocycles. The molecule has 6 heavy (non-hydrogen) atoms. The van der Waals surface area contributed by atoms with E-state index >= 15 is 0 Å². The number of hydrogen-bond acceptors (Lipinski definition) is 0. The lowest BCUT2D eigenvalue weighted by Gasteiger charge is -2.03. The van der Waals surface area contributed by atoms with E-state index in [9.17, 15) is 0 Å². The normalized spacial score (nSPS) is 15.5. The van der Waals surface area contributed by atoms with Crippen molar-refractivity contribution >= 4 is 22.6 Å². The van der Waals surface area contributed by atoms with Gasteiger partial charge in [-0.15, -0.1) is 0 Å². The third-order valence-electron chi connectivity index (χ3n) is 0.784. The Kier molecular flexibility index (Phi) is 3.17. The van der Waals surface area contributed by atoms with Crippen molar-refractivity contribution in [1.29, 1.82) is 0 Å². The Balaban J connectivity index is 2.99. The molecule has 1 radical (unpaired) electrons. The van der Waals surface area contributed by atoms with Crippen LogP contribution in [-0.4, -0.2) is 3.92 Å². The van der Waals surface area contributed by atoms with Crippen molar-refractivity contribution in [3.8, 4) is 0 Å². The van der Waals surface area contributed by atoms with Gasteiger partial charge in [0.25, 0.3) is 0 Å². The van der Waals surface area contributed by atoms with Gasteiger partial charge in [0.2, 0.25) is 0 Å². The van der Waals surface area contributed by atoms with Gasteiger partial charge in [0.1, 0.15) is 0 Å². The van der Waals surface area contributed by atoms with Gasteiger partial charge in [0.05, 0.1) is 0 Å². The van der Waals surface area contributed by atoms with Crippen molar-refractivity contribution in [3.63, 3.8) is 0 Å². The molecular weight excluding hydrogens is 187 g/mol. The van der Waals surface area contributed by atoms with Gasteiger partial charge in [-0.1, -0.05) is 36.4 Å². The zero-order chi connectivity index (χ0) is 5.15. The third-order valence-corrected chi connectivity index (χ3v) is 2.01. The van der Waals surface area contributed by atoms with E-state index in [1.54, 1.807) is 0 Å². The molecule has 0 aromatic heterocycles. The van der Waals surface area contributed by atoms with Crippen molar-refractivity contribution in [2.75, 3.05) is 0 Å². The molecule has 37 valence electrons. The fraction of sp³-hybridized carbons (Fsp3) is 0.800. The minimum Gasteiger partial charge on any atom is -0.0826 e. The molecule has 0 nitrogen and oxygen atoms in total. The molecule has 2 atom stereocenters. The lowest BCUT2D eigenvalue weighted by molar-refractivity contribution is 0.734. The van der Waals surface area contributed by atoms with Crippen LogP contribution < -0.4 is 0 Å². The summed E-state index contributed by atoms with van der Waals surface area (Å²) in [5.41, 5.74) is 0. The van der Waals surface area contributed by atoms with E-state index in [0.29, 0.717) is 9.84 Å². The number of hydrogen-bond donors (Lipinski definition) is 0. The quantitative estimate of drug-likeness (QED) is 0.446. The van der Waals surface area contributed by atoms with Crippen LogP contribution in [0.3, 0.4) is 0 Å². The largest absolute Gasteiger partial charge is 0.0826 e. The Morgan fingerprint density at radius 2 is 1.67 bits per heavy atom. The molecule has 0 saturated heterocycles. The Hall–Kier alpha value is 0.730. The maximum absolute atomic E-state index is 3.83. The molecule has 0 aromatic carbocycles. The highest BCUT2D eigenvalue weighted by molar-refractivity contribution is 14.1. The van der Waals surface area contributed by atoms with Gasteiger partial charge < -0.3 is 0 Å². The predicted octanol–water partition coefficient (Wildman–Crippen LogP) is 2.28. The zero-order valence-corrected chi connectivity index (χ0v) is 6.40. The van der Waals surface area contributed by atoms with E-state index in [-0.39, 0.29) is 0 Å². The summed E-state index contributed by atoms with van der Waals surface area (Å²) in [5, 5.41) is 0. The van der Waals surface area contributed by atoms with E-state index in [1.807, 2.05) is 0 Å². The van der Waals surface area contributed by atoms with Crippen LogP contribution in [0.5, 0.6) is 0 Å². The molecule has 0 aliphatic rings. The van der Waals surface area contributed by atoms with E-state index in [1.165, 1.54) is 0 Å². The summed E-state index contributed by atoms with van der Waals surface area (Å²) in [6.45, 7) is 8.12. The molecule has 0 N–H and O–H groups in total. The van der Waals surface area contributed by atoms with Gasteiger partial charge in [-0.25, -0.2) is 0 Å². The summed E-state index contributed by atoms with van der Waals surface area (Å²) in [7, 11) is 0. The maximum Gasteiger partial charge on any atom is 0.0107 e. The fourth-order valence-corrected chi connectivity index (χ4v) is 0. The van der Waals surface area contributed by atoms with Crippen molar-refractivity contribution in [2.24, 2.45) is 5.92 Å². The van der Waals surface area contributed by atoms with Gasteiger partial charge in [0.15, 0.2) is 0 Å². The SMILES string of the molecule is [CH2]C(C)C(C)I. The van der Waals surface area contributed by atoms with Crippen LogP contribution in [-0.2, 0) is 0 Å². The standard InChI is InChI=1S/C5H10I/c1-4(2)5(3)6/h4-5H,1H2,2-3H3. The summed E-state index contributed by atoms with van der Waals surface area (Å²) in [5.74, 6) is 0.589. The highest BCUT2D eigenvalue weighted by Gasteiger charge is 1.97. The molecule has 0 aliphatic carbocycles. The average molecular weight is 197 g/mol. The highest BCUT2D eigenvalue weighted by Crippen LogP contribution is 2.09. The Morgan fingerprint density at radius 1 is 1.50 bits per heavy atom. The van der Waals surface area contributed by atoms with Crippen molar-refractivity contribution in [1.82, 2.24) is 0 Å². The average Bonchev–Trinajstić information content (AvgIpc) is 1.36. The minimum absolute atomic E-state index is 0.589. The van der Waals surface area contributed by atoms with Crippen molar-refractivity contribution in [3.05, 3.63) is 6.92 Å². The first-order valence-corrected chi connectivity index (χ1v) is 3.36. The first kappa shape index (κ1) is 6.73. The molecule has 0 amide bonds. The Bertz CT molecular complexity index is 24.9. The minimum atomic E-state index is 0.589. The molecule has 0 heterocycles. The number of alkyl halides is 1. The molecule has 0 bridgehead atoms. The fourth-order valence-electron chi connectivity index (χ4n) is 0. The van der Waals surface area contributed by atoms with Gasteiger partial charge in [-0.05, 0) is 12.8 Å². The Labute approximate surface area is 53.5 Å². The van der Waals surface area contributed by atoms with Gasteiger partial charge >= 0.3 is 0 Å². The Morgan fingerprint density at radius 3 is 1.67 bits per heavy atom. The van der Waals surface area contributed by atoms with Crippen LogP contribution >= 0.6 is 22.6 Å². The first-order chi connectivity index (χ1) is 2.64. The van der Waals surface area contributed by atoms with Crippen LogP contribution in [0.2, 0.25) is 0 Å². The monoisotopic (exact) mass is 197 g/mol. The summed E-state index contributed by atoms with van der Waals surface area (Å²) in [6, 6.07) is 0.